The minimum atomic E-state index is -0.0753. The monoisotopic (exact) mass is 379 g/mol. The predicted octanol–water partition coefficient (Wildman–Crippen LogP) is 3.33. The van der Waals surface area contributed by atoms with Gasteiger partial charge in [0.2, 0.25) is 0 Å². The molecule has 0 saturated carbocycles. The lowest BCUT2D eigenvalue weighted by Crippen LogP contribution is -2.40. The van der Waals surface area contributed by atoms with Crippen molar-refractivity contribution in [2.24, 2.45) is 0 Å². The minimum absolute atomic E-state index is 0.0106. The first kappa shape index (κ1) is 18.0. The van der Waals surface area contributed by atoms with E-state index in [2.05, 4.69) is 10.1 Å². The number of hydrogen-bond donors (Lipinski definition) is 0. The molecular weight excluding hydrogens is 358 g/mol. The second-order valence-electron chi connectivity index (χ2n) is 6.66. The Kier molecular flexibility index (Phi) is 4.73. The minimum Gasteiger partial charge on any atom is -0.496 e. The Morgan fingerprint density at radius 1 is 1.21 bits per heavy atom. The number of aromatic nitrogens is 2. The van der Waals surface area contributed by atoms with Crippen LogP contribution >= 0.6 is 0 Å². The zero-order valence-corrected chi connectivity index (χ0v) is 16.1. The maximum atomic E-state index is 12.5. The van der Waals surface area contributed by atoms with Crippen LogP contribution in [0.4, 0.5) is 5.69 Å². The topological polar surface area (TPSA) is 77.7 Å². The van der Waals surface area contributed by atoms with Gasteiger partial charge in [-0.2, -0.15) is 0 Å². The molecule has 4 rings (SSSR count). The molecule has 0 radical (unpaired) electrons. The number of methoxy groups -OCH3 is 1. The van der Waals surface area contributed by atoms with Gasteiger partial charge in [-0.15, -0.1) is 0 Å². The molecule has 3 heterocycles. The van der Waals surface area contributed by atoms with E-state index in [0.29, 0.717) is 29.5 Å². The van der Waals surface area contributed by atoms with E-state index in [9.17, 15) is 4.79 Å². The van der Waals surface area contributed by atoms with Gasteiger partial charge in [-0.05, 0) is 44.0 Å². The first-order chi connectivity index (χ1) is 13.6. The van der Waals surface area contributed by atoms with Crippen molar-refractivity contribution >= 4 is 11.6 Å². The van der Waals surface area contributed by atoms with Gasteiger partial charge in [0.25, 0.3) is 5.91 Å². The molecule has 0 N–H and O–H groups in total. The Hall–Kier alpha value is -3.35. The number of ether oxygens (including phenoxy) is 2. The number of carbonyl (C=O) groups excluding carboxylic acids is 1. The predicted molar refractivity (Wildman–Crippen MR) is 104 cm³/mol. The van der Waals surface area contributed by atoms with Crippen LogP contribution in [0.15, 0.2) is 41.2 Å². The SMILES string of the molecule is COc1cc2c(cc1-c1c(C)noc1C)OCC(=O)N2CCc1ccncc1. The summed E-state index contributed by atoms with van der Waals surface area (Å²) in [5.41, 5.74) is 4.31. The van der Waals surface area contributed by atoms with Crippen molar-refractivity contribution in [1.29, 1.82) is 0 Å². The normalized spacial score (nSPS) is 13.2. The number of benzene rings is 1. The number of rotatable bonds is 5. The van der Waals surface area contributed by atoms with Crippen LogP contribution in [0.5, 0.6) is 11.5 Å². The molecule has 0 saturated heterocycles. The zero-order valence-electron chi connectivity index (χ0n) is 16.1. The Bertz CT molecular complexity index is 994. The lowest BCUT2D eigenvalue weighted by Gasteiger charge is -2.30. The van der Waals surface area contributed by atoms with Crippen molar-refractivity contribution in [3.05, 3.63) is 53.7 Å². The Balaban J connectivity index is 1.72. The van der Waals surface area contributed by atoms with Crippen molar-refractivity contribution < 1.29 is 18.8 Å². The number of hydrogen-bond acceptors (Lipinski definition) is 6. The van der Waals surface area contributed by atoms with Gasteiger partial charge in [0, 0.05) is 30.6 Å². The van der Waals surface area contributed by atoms with Gasteiger partial charge in [-0.1, -0.05) is 5.16 Å². The second kappa shape index (κ2) is 7.34. The highest BCUT2D eigenvalue weighted by molar-refractivity contribution is 5.99. The summed E-state index contributed by atoms with van der Waals surface area (Å²) >= 11 is 0. The van der Waals surface area contributed by atoms with Crippen LogP contribution in [0.2, 0.25) is 0 Å². The summed E-state index contributed by atoms with van der Waals surface area (Å²) in [7, 11) is 1.61. The molecule has 7 nitrogen and oxygen atoms in total. The van der Waals surface area contributed by atoms with Crippen LogP contribution in [0.25, 0.3) is 11.1 Å². The standard InChI is InChI=1S/C21H21N3O4/c1-13-21(14(2)28-23-13)16-10-19-17(11-18(16)26-3)24(20(25)12-27-19)9-6-15-4-7-22-8-5-15/h4-5,7-8,10-11H,6,9,12H2,1-3H3. The molecule has 0 bridgehead atoms. The van der Waals surface area contributed by atoms with Crippen LogP contribution < -0.4 is 14.4 Å². The van der Waals surface area contributed by atoms with Crippen LogP contribution in [0.1, 0.15) is 17.0 Å². The summed E-state index contributed by atoms with van der Waals surface area (Å²) in [5, 5.41) is 4.03. The maximum Gasteiger partial charge on any atom is 0.265 e. The van der Waals surface area contributed by atoms with Gasteiger partial charge >= 0.3 is 0 Å². The second-order valence-corrected chi connectivity index (χ2v) is 6.66. The smallest absolute Gasteiger partial charge is 0.265 e. The van der Waals surface area contributed by atoms with Crippen molar-refractivity contribution in [3.8, 4) is 22.6 Å². The molecule has 0 unspecified atom stereocenters. The highest BCUT2D eigenvalue weighted by atomic mass is 16.5. The summed E-state index contributed by atoms with van der Waals surface area (Å²) in [4.78, 5) is 18.3. The van der Waals surface area contributed by atoms with E-state index in [1.165, 1.54) is 0 Å². The van der Waals surface area contributed by atoms with E-state index < -0.39 is 0 Å². The van der Waals surface area contributed by atoms with Crippen molar-refractivity contribution in [1.82, 2.24) is 10.1 Å². The molecule has 7 heteroatoms. The molecule has 0 aliphatic carbocycles. The molecule has 1 aliphatic heterocycles. The molecule has 0 fully saturated rings. The molecule has 2 aromatic heterocycles. The van der Waals surface area contributed by atoms with Gasteiger partial charge in [0.1, 0.15) is 17.3 Å². The van der Waals surface area contributed by atoms with Crippen LogP contribution in [0.3, 0.4) is 0 Å². The van der Waals surface area contributed by atoms with E-state index in [0.717, 1.165) is 28.8 Å². The van der Waals surface area contributed by atoms with Crippen LogP contribution in [0, 0.1) is 13.8 Å². The van der Waals surface area contributed by atoms with Crippen molar-refractivity contribution in [2.75, 3.05) is 25.2 Å². The number of nitrogens with zero attached hydrogens (tertiary/aromatic N) is 3. The molecule has 3 aromatic rings. The van der Waals surface area contributed by atoms with E-state index in [1.807, 2.05) is 38.1 Å². The Morgan fingerprint density at radius 3 is 2.68 bits per heavy atom. The summed E-state index contributed by atoms with van der Waals surface area (Å²) in [6, 6.07) is 7.65. The van der Waals surface area contributed by atoms with Gasteiger partial charge in [0.05, 0.1) is 24.1 Å². The summed E-state index contributed by atoms with van der Waals surface area (Å²) in [5.74, 6) is 1.91. The molecule has 1 aliphatic rings. The Labute approximate surface area is 162 Å². The lowest BCUT2D eigenvalue weighted by molar-refractivity contribution is -0.121. The zero-order chi connectivity index (χ0) is 19.7. The highest BCUT2D eigenvalue weighted by Crippen LogP contribution is 2.44. The number of amides is 1. The number of pyridine rings is 1. The largest absolute Gasteiger partial charge is 0.496 e. The molecule has 1 amide bonds. The first-order valence-corrected chi connectivity index (χ1v) is 9.06. The van der Waals surface area contributed by atoms with E-state index in [4.69, 9.17) is 14.0 Å². The van der Waals surface area contributed by atoms with Crippen molar-refractivity contribution in [2.45, 2.75) is 20.3 Å². The number of anilines is 1. The van der Waals surface area contributed by atoms with Crippen molar-refractivity contribution in [3.63, 3.8) is 0 Å². The van der Waals surface area contributed by atoms with Gasteiger partial charge in [-0.25, -0.2) is 0 Å². The third-order valence-electron chi connectivity index (χ3n) is 4.90. The fraction of sp³-hybridized carbons (Fsp3) is 0.286. The first-order valence-electron chi connectivity index (χ1n) is 9.06. The third-order valence-corrected chi connectivity index (χ3v) is 4.90. The third kappa shape index (κ3) is 3.19. The van der Waals surface area contributed by atoms with Gasteiger partial charge in [-0.3, -0.25) is 9.78 Å². The molecular formula is C21H21N3O4. The molecule has 0 atom stereocenters. The van der Waals surface area contributed by atoms with Gasteiger partial charge < -0.3 is 18.9 Å². The van der Waals surface area contributed by atoms with E-state index in [1.54, 1.807) is 24.4 Å². The molecule has 0 spiro atoms. The molecule has 1 aromatic carbocycles. The fourth-order valence-corrected chi connectivity index (χ4v) is 3.49. The number of aryl methyl sites for hydroxylation is 2. The highest BCUT2D eigenvalue weighted by Gasteiger charge is 2.28. The quantitative estimate of drug-likeness (QED) is 0.677. The van der Waals surface area contributed by atoms with E-state index in [-0.39, 0.29) is 12.5 Å². The maximum absolute atomic E-state index is 12.5. The van der Waals surface area contributed by atoms with Crippen LogP contribution in [-0.2, 0) is 11.2 Å². The Morgan fingerprint density at radius 2 is 2.00 bits per heavy atom. The average molecular weight is 379 g/mol. The van der Waals surface area contributed by atoms with Crippen LogP contribution in [-0.4, -0.2) is 36.3 Å². The van der Waals surface area contributed by atoms with Gasteiger partial charge in [0.15, 0.2) is 6.61 Å². The number of fused-ring (bicyclic) bond motifs is 1. The molecule has 28 heavy (non-hydrogen) atoms. The summed E-state index contributed by atoms with van der Waals surface area (Å²) in [6.07, 6.45) is 4.23. The summed E-state index contributed by atoms with van der Waals surface area (Å²) in [6.45, 7) is 4.31. The van der Waals surface area contributed by atoms with E-state index >= 15 is 0 Å². The lowest BCUT2D eigenvalue weighted by atomic mass is 10.0. The average Bonchev–Trinajstić information content (AvgIpc) is 3.05. The fourth-order valence-electron chi connectivity index (χ4n) is 3.49. The molecule has 144 valence electrons. The summed E-state index contributed by atoms with van der Waals surface area (Å²) < 4.78 is 16.7. The number of carbonyl (C=O) groups is 1.